The normalized spacial score (nSPS) is 16.0. The summed E-state index contributed by atoms with van der Waals surface area (Å²) in [7, 11) is 2.86. The van der Waals surface area contributed by atoms with Crippen molar-refractivity contribution in [2.75, 3.05) is 19.5 Å². The lowest BCUT2D eigenvalue weighted by Gasteiger charge is -2.11. The molecular weight excluding hydrogens is 400 g/mol. The van der Waals surface area contributed by atoms with E-state index in [-0.39, 0.29) is 12.3 Å². The number of carbonyl (C=O) groups excluding carboxylic acids is 2. The van der Waals surface area contributed by atoms with Gasteiger partial charge in [0.1, 0.15) is 11.8 Å². The molecule has 3 rings (SSSR count). The number of carbonyl (C=O) groups is 2. The number of esters is 1. The molecule has 1 N–H and O–H groups in total. The Morgan fingerprint density at radius 1 is 1.19 bits per heavy atom. The Bertz CT molecular complexity index is 878. The van der Waals surface area contributed by atoms with Gasteiger partial charge in [-0.1, -0.05) is 28.1 Å². The molecule has 1 heterocycles. The molecule has 134 valence electrons. The van der Waals surface area contributed by atoms with E-state index in [0.717, 1.165) is 15.6 Å². The number of anilines is 1. The van der Waals surface area contributed by atoms with Crippen LogP contribution in [0.1, 0.15) is 17.5 Å². The van der Waals surface area contributed by atoms with E-state index in [0.29, 0.717) is 17.1 Å². The van der Waals surface area contributed by atoms with Crippen molar-refractivity contribution in [1.82, 2.24) is 0 Å². The smallest absolute Gasteiger partial charge is 0.308 e. The minimum atomic E-state index is -0.875. The number of benzodiazepines with no additional fused rings is 1. The first-order valence-electron chi connectivity index (χ1n) is 7.91. The van der Waals surface area contributed by atoms with Crippen molar-refractivity contribution in [2.24, 2.45) is 4.99 Å². The predicted octanol–water partition coefficient (Wildman–Crippen LogP) is 3.18. The first-order valence-corrected chi connectivity index (χ1v) is 8.71. The molecule has 0 saturated heterocycles. The molecule has 0 fully saturated rings. The van der Waals surface area contributed by atoms with Crippen LogP contribution in [0.25, 0.3) is 0 Å². The van der Waals surface area contributed by atoms with E-state index in [4.69, 9.17) is 9.47 Å². The molecule has 2 aromatic rings. The number of amides is 1. The first-order chi connectivity index (χ1) is 12.5. The molecule has 6 nitrogen and oxygen atoms in total. The lowest BCUT2D eigenvalue weighted by atomic mass is 10.00. The number of ether oxygens (including phenoxy) is 2. The van der Waals surface area contributed by atoms with Gasteiger partial charge in [-0.05, 0) is 30.3 Å². The molecule has 2 aromatic carbocycles. The molecule has 7 heteroatoms. The van der Waals surface area contributed by atoms with Crippen LogP contribution in [-0.2, 0) is 14.3 Å². The van der Waals surface area contributed by atoms with Gasteiger partial charge >= 0.3 is 5.97 Å². The second kappa shape index (κ2) is 7.70. The maximum atomic E-state index is 12.5. The van der Waals surface area contributed by atoms with E-state index in [1.165, 1.54) is 7.11 Å². The van der Waals surface area contributed by atoms with Crippen LogP contribution in [0, 0.1) is 0 Å². The van der Waals surface area contributed by atoms with Gasteiger partial charge in [-0.15, -0.1) is 0 Å². The van der Waals surface area contributed by atoms with Crippen LogP contribution in [0.15, 0.2) is 51.9 Å². The zero-order chi connectivity index (χ0) is 18.7. The largest absolute Gasteiger partial charge is 0.497 e. The maximum absolute atomic E-state index is 12.5. The standard InChI is InChI=1S/C19H17BrN2O4/c1-25-13-7-8-15-14(9-13)18(11-3-5-12(20)6-4-11)21-16(19(24)22-15)10-17(23)26-2/h3-9,16H,10H2,1-2H3,(H,22,24). The van der Waals surface area contributed by atoms with E-state index >= 15 is 0 Å². The number of benzene rings is 2. The van der Waals surface area contributed by atoms with E-state index in [9.17, 15) is 9.59 Å². The third-order valence-corrected chi connectivity index (χ3v) is 4.56. The molecule has 0 spiro atoms. The Morgan fingerprint density at radius 3 is 2.58 bits per heavy atom. The van der Waals surface area contributed by atoms with Gasteiger partial charge in [-0.25, -0.2) is 0 Å². The summed E-state index contributed by atoms with van der Waals surface area (Å²) < 4.78 is 10.9. The minimum Gasteiger partial charge on any atom is -0.497 e. The second-order valence-electron chi connectivity index (χ2n) is 5.68. The van der Waals surface area contributed by atoms with Gasteiger partial charge in [0.05, 0.1) is 32.0 Å². The zero-order valence-corrected chi connectivity index (χ0v) is 15.9. The van der Waals surface area contributed by atoms with Gasteiger partial charge in [-0.3, -0.25) is 14.6 Å². The molecule has 0 aromatic heterocycles. The van der Waals surface area contributed by atoms with Gasteiger partial charge in [0, 0.05) is 15.6 Å². The molecule has 1 amide bonds. The van der Waals surface area contributed by atoms with Crippen molar-refractivity contribution in [3.8, 4) is 5.75 Å². The average molecular weight is 417 g/mol. The quantitative estimate of drug-likeness (QED) is 0.776. The number of halogens is 1. The first kappa shape index (κ1) is 18.1. The number of hydrogen-bond donors (Lipinski definition) is 1. The Morgan fingerprint density at radius 2 is 1.92 bits per heavy atom. The van der Waals surface area contributed by atoms with Crippen LogP contribution >= 0.6 is 15.9 Å². The molecule has 1 atom stereocenters. The number of nitrogens with one attached hydrogen (secondary N) is 1. The fourth-order valence-electron chi connectivity index (χ4n) is 2.67. The fourth-order valence-corrected chi connectivity index (χ4v) is 2.94. The third kappa shape index (κ3) is 3.77. The lowest BCUT2D eigenvalue weighted by molar-refractivity contribution is -0.142. The lowest BCUT2D eigenvalue weighted by Crippen LogP contribution is -2.28. The third-order valence-electron chi connectivity index (χ3n) is 4.03. The Labute approximate surface area is 159 Å². The van der Waals surface area contributed by atoms with E-state index in [1.807, 2.05) is 30.3 Å². The summed E-state index contributed by atoms with van der Waals surface area (Å²) in [5, 5.41) is 2.84. The average Bonchev–Trinajstić information content (AvgIpc) is 2.78. The van der Waals surface area contributed by atoms with Crippen molar-refractivity contribution < 1.29 is 19.1 Å². The summed E-state index contributed by atoms with van der Waals surface area (Å²) in [6, 6.07) is 12.1. The van der Waals surface area contributed by atoms with Crippen LogP contribution in [0.5, 0.6) is 5.75 Å². The number of methoxy groups -OCH3 is 2. The van der Waals surface area contributed by atoms with E-state index in [2.05, 4.69) is 26.2 Å². The SMILES string of the molecule is COC(=O)CC1N=C(c2ccc(Br)cc2)c2cc(OC)ccc2NC1=O. The van der Waals surface area contributed by atoms with Gasteiger partial charge in [0.2, 0.25) is 5.91 Å². The molecular formula is C19H17BrN2O4. The van der Waals surface area contributed by atoms with Crippen LogP contribution < -0.4 is 10.1 Å². The van der Waals surface area contributed by atoms with Crippen molar-refractivity contribution in [3.05, 3.63) is 58.1 Å². The molecule has 1 aliphatic rings. The van der Waals surface area contributed by atoms with Crippen LogP contribution in [0.2, 0.25) is 0 Å². The molecule has 1 aliphatic heterocycles. The predicted molar refractivity (Wildman–Crippen MR) is 102 cm³/mol. The highest BCUT2D eigenvalue weighted by molar-refractivity contribution is 9.10. The van der Waals surface area contributed by atoms with Gasteiger partial charge < -0.3 is 14.8 Å². The highest BCUT2D eigenvalue weighted by atomic mass is 79.9. The Hall–Kier alpha value is -2.67. The molecule has 0 radical (unpaired) electrons. The maximum Gasteiger partial charge on any atom is 0.308 e. The summed E-state index contributed by atoms with van der Waals surface area (Å²) in [5.74, 6) is -0.198. The van der Waals surface area contributed by atoms with Crippen LogP contribution in [0.4, 0.5) is 5.69 Å². The van der Waals surface area contributed by atoms with Gasteiger partial charge in [-0.2, -0.15) is 0 Å². The summed E-state index contributed by atoms with van der Waals surface area (Å²) in [4.78, 5) is 28.8. The highest BCUT2D eigenvalue weighted by Gasteiger charge is 2.28. The number of hydrogen-bond acceptors (Lipinski definition) is 5. The Kier molecular flexibility index (Phi) is 5.37. The topological polar surface area (TPSA) is 77.0 Å². The monoisotopic (exact) mass is 416 g/mol. The molecule has 0 aliphatic carbocycles. The fraction of sp³-hybridized carbons (Fsp3) is 0.211. The van der Waals surface area contributed by atoms with Crippen molar-refractivity contribution in [1.29, 1.82) is 0 Å². The van der Waals surface area contributed by atoms with Crippen LogP contribution in [0.3, 0.4) is 0 Å². The van der Waals surface area contributed by atoms with E-state index in [1.54, 1.807) is 19.2 Å². The number of nitrogens with zero attached hydrogens (tertiary/aromatic N) is 1. The number of rotatable bonds is 4. The highest BCUT2D eigenvalue weighted by Crippen LogP contribution is 2.29. The Balaban J connectivity index is 2.15. The molecule has 0 saturated carbocycles. The summed E-state index contributed by atoms with van der Waals surface area (Å²) in [6.07, 6.45) is -0.131. The van der Waals surface area contributed by atoms with Gasteiger partial charge in [0.15, 0.2) is 0 Å². The van der Waals surface area contributed by atoms with Gasteiger partial charge in [0.25, 0.3) is 0 Å². The number of aliphatic imine (C=N–C) groups is 1. The van der Waals surface area contributed by atoms with Crippen molar-refractivity contribution >= 4 is 39.2 Å². The van der Waals surface area contributed by atoms with Crippen molar-refractivity contribution in [2.45, 2.75) is 12.5 Å². The summed E-state index contributed by atoms with van der Waals surface area (Å²) in [5.41, 5.74) is 2.78. The zero-order valence-electron chi connectivity index (χ0n) is 14.3. The second-order valence-corrected chi connectivity index (χ2v) is 6.60. The van der Waals surface area contributed by atoms with Crippen LogP contribution in [-0.4, -0.2) is 37.8 Å². The minimum absolute atomic E-state index is 0.131. The van der Waals surface area contributed by atoms with E-state index < -0.39 is 12.0 Å². The van der Waals surface area contributed by atoms with Crippen molar-refractivity contribution in [3.63, 3.8) is 0 Å². The summed E-state index contributed by atoms with van der Waals surface area (Å²) in [6.45, 7) is 0. The molecule has 1 unspecified atom stereocenters. The molecule has 26 heavy (non-hydrogen) atoms. The number of fused-ring (bicyclic) bond motifs is 1. The summed E-state index contributed by atoms with van der Waals surface area (Å²) >= 11 is 3.42. The molecule has 0 bridgehead atoms.